The van der Waals surface area contributed by atoms with Gasteiger partial charge < -0.3 is 0 Å². The average molecular weight is 373 g/mol. The van der Waals surface area contributed by atoms with E-state index in [1.54, 1.807) is 0 Å². The van der Waals surface area contributed by atoms with Gasteiger partial charge in [0.25, 0.3) is 0 Å². The van der Waals surface area contributed by atoms with Gasteiger partial charge in [-0.2, -0.15) is 0 Å². The number of rotatable bonds is 5. The highest BCUT2D eigenvalue weighted by Gasteiger charge is 2.42. The molecule has 0 amide bonds. The van der Waals surface area contributed by atoms with E-state index in [2.05, 4.69) is 17.0 Å². The van der Waals surface area contributed by atoms with E-state index in [4.69, 9.17) is 0 Å². The first kappa shape index (κ1) is 18.2. The molecule has 0 saturated carbocycles. The smallest absolute Gasteiger partial charge is 0.194 e. The second kappa shape index (κ2) is 7.47. The van der Waals surface area contributed by atoms with E-state index in [1.165, 1.54) is 11.6 Å². The lowest BCUT2D eigenvalue weighted by molar-refractivity contribution is -0.124. The number of Topliss-reactive ketones (excluding diaryl/α,β-unsaturated/α-hetero) is 1. The molecule has 0 spiro atoms. The first-order chi connectivity index (χ1) is 13.0. The molecule has 2 atom stereocenters. The Morgan fingerprint density at radius 2 is 1.59 bits per heavy atom. The van der Waals surface area contributed by atoms with Crippen LogP contribution in [0.4, 0.5) is 13.2 Å². The Balaban J connectivity index is 1.42. The molecular formula is C22H22F3NO. The molecule has 5 heteroatoms. The second-order valence-corrected chi connectivity index (χ2v) is 7.69. The van der Waals surface area contributed by atoms with E-state index in [1.807, 2.05) is 18.2 Å². The zero-order valence-electron chi connectivity index (χ0n) is 15.0. The van der Waals surface area contributed by atoms with Gasteiger partial charge >= 0.3 is 0 Å². The average Bonchev–Trinajstić information content (AvgIpc) is 2.90. The van der Waals surface area contributed by atoms with Crippen LogP contribution in [0, 0.1) is 23.4 Å². The van der Waals surface area contributed by atoms with E-state index in [0.29, 0.717) is 12.1 Å². The molecule has 0 aliphatic carbocycles. The summed E-state index contributed by atoms with van der Waals surface area (Å²) in [5.41, 5.74) is 1.21. The standard InChI is InChI=1S/C22H22F3NO/c23-19-9-6-15(21(24)22(19)25)12-20(27)16-10-17-7-8-18(11-16)26(17)13-14-4-2-1-3-5-14/h1-6,9,16-18H,7-8,10-13H2. The molecule has 2 heterocycles. The van der Waals surface area contributed by atoms with Crippen LogP contribution in [-0.2, 0) is 17.8 Å². The Bertz CT molecular complexity index is 825. The number of fused-ring (bicyclic) bond motifs is 2. The van der Waals surface area contributed by atoms with Gasteiger partial charge in [-0.05, 0) is 42.9 Å². The first-order valence-electron chi connectivity index (χ1n) is 9.47. The Morgan fingerprint density at radius 3 is 2.26 bits per heavy atom. The van der Waals surface area contributed by atoms with Crippen molar-refractivity contribution in [2.45, 2.75) is 50.7 Å². The zero-order chi connectivity index (χ0) is 19.0. The molecule has 2 aliphatic rings. The minimum absolute atomic E-state index is 0.0574. The lowest BCUT2D eigenvalue weighted by atomic mass is 9.85. The molecule has 2 fully saturated rings. The molecule has 4 rings (SSSR count). The topological polar surface area (TPSA) is 20.3 Å². The van der Waals surface area contributed by atoms with Crippen molar-refractivity contribution < 1.29 is 18.0 Å². The van der Waals surface area contributed by atoms with Gasteiger partial charge in [0.2, 0.25) is 0 Å². The number of benzene rings is 2. The first-order valence-corrected chi connectivity index (χ1v) is 9.47. The van der Waals surface area contributed by atoms with E-state index in [9.17, 15) is 18.0 Å². The monoisotopic (exact) mass is 373 g/mol. The van der Waals surface area contributed by atoms with Gasteiger partial charge in [-0.1, -0.05) is 36.4 Å². The highest BCUT2D eigenvalue weighted by atomic mass is 19.2. The predicted octanol–water partition coefficient (Wildman–Crippen LogP) is 4.66. The van der Waals surface area contributed by atoms with E-state index >= 15 is 0 Å². The van der Waals surface area contributed by atoms with Crippen molar-refractivity contribution in [3.63, 3.8) is 0 Å². The maximum Gasteiger partial charge on any atom is 0.194 e. The fraction of sp³-hybridized carbons (Fsp3) is 0.409. The summed E-state index contributed by atoms with van der Waals surface area (Å²) in [5.74, 6) is -4.18. The van der Waals surface area contributed by atoms with Crippen molar-refractivity contribution in [3.05, 3.63) is 71.0 Å². The van der Waals surface area contributed by atoms with Gasteiger partial charge in [-0.3, -0.25) is 9.69 Å². The lowest BCUT2D eigenvalue weighted by Gasteiger charge is -2.38. The van der Waals surface area contributed by atoms with Gasteiger partial charge in [0, 0.05) is 31.0 Å². The maximum atomic E-state index is 13.9. The third-order valence-electron chi connectivity index (χ3n) is 6.03. The van der Waals surface area contributed by atoms with Gasteiger partial charge in [0.05, 0.1) is 0 Å². The molecule has 2 aromatic rings. The number of carbonyl (C=O) groups is 1. The summed E-state index contributed by atoms with van der Waals surface area (Å²) in [6.45, 7) is 0.884. The maximum absolute atomic E-state index is 13.9. The van der Waals surface area contributed by atoms with Crippen LogP contribution in [-0.4, -0.2) is 22.8 Å². The number of nitrogens with zero attached hydrogens (tertiary/aromatic N) is 1. The van der Waals surface area contributed by atoms with Gasteiger partial charge in [-0.15, -0.1) is 0 Å². The van der Waals surface area contributed by atoms with Gasteiger partial charge in [0.15, 0.2) is 17.5 Å². The summed E-state index contributed by atoms with van der Waals surface area (Å²) in [6.07, 6.45) is 3.48. The van der Waals surface area contributed by atoms with Gasteiger partial charge in [0.1, 0.15) is 5.78 Å². The van der Waals surface area contributed by atoms with Crippen LogP contribution >= 0.6 is 0 Å². The molecule has 0 radical (unpaired) electrons. The van der Waals surface area contributed by atoms with Crippen molar-refractivity contribution in [1.82, 2.24) is 4.90 Å². The molecule has 0 aromatic heterocycles. The molecule has 2 bridgehead atoms. The van der Waals surface area contributed by atoms with Crippen LogP contribution in [0.25, 0.3) is 0 Å². The summed E-state index contributed by atoms with van der Waals surface area (Å²) in [4.78, 5) is 15.2. The highest BCUT2D eigenvalue weighted by Crippen LogP contribution is 2.40. The zero-order valence-corrected chi connectivity index (χ0v) is 15.0. The number of carbonyl (C=O) groups excluding carboxylic acids is 1. The van der Waals surface area contributed by atoms with Crippen molar-refractivity contribution in [3.8, 4) is 0 Å². The van der Waals surface area contributed by atoms with Crippen molar-refractivity contribution >= 4 is 5.78 Å². The minimum atomic E-state index is -1.50. The van der Waals surface area contributed by atoms with Crippen LogP contribution in [0.15, 0.2) is 42.5 Å². The Labute approximate surface area is 157 Å². The predicted molar refractivity (Wildman–Crippen MR) is 96.5 cm³/mol. The molecule has 27 heavy (non-hydrogen) atoms. The lowest BCUT2D eigenvalue weighted by Crippen LogP contribution is -2.44. The van der Waals surface area contributed by atoms with Crippen molar-refractivity contribution in [1.29, 1.82) is 0 Å². The Hall–Kier alpha value is -2.14. The summed E-state index contributed by atoms with van der Waals surface area (Å²) >= 11 is 0. The molecule has 0 N–H and O–H groups in total. The van der Waals surface area contributed by atoms with Crippen molar-refractivity contribution in [2.75, 3.05) is 0 Å². The Morgan fingerprint density at radius 1 is 0.926 bits per heavy atom. The third kappa shape index (κ3) is 3.65. The second-order valence-electron chi connectivity index (χ2n) is 7.69. The molecule has 2 unspecified atom stereocenters. The molecule has 2 aliphatic heterocycles. The highest BCUT2D eigenvalue weighted by molar-refractivity contribution is 5.83. The molecular weight excluding hydrogens is 351 g/mol. The number of hydrogen-bond donors (Lipinski definition) is 0. The van der Waals surface area contributed by atoms with E-state index in [0.717, 1.165) is 38.3 Å². The van der Waals surface area contributed by atoms with E-state index in [-0.39, 0.29) is 23.7 Å². The van der Waals surface area contributed by atoms with Crippen LogP contribution in [0.1, 0.15) is 36.8 Å². The van der Waals surface area contributed by atoms with Gasteiger partial charge in [-0.25, -0.2) is 13.2 Å². The fourth-order valence-corrected chi connectivity index (χ4v) is 4.62. The fourth-order valence-electron chi connectivity index (χ4n) is 4.62. The molecule has 2 aromatic carbocycles. The quantitative estimate of drug-likeness (QED) is 0.711. The molecule has 142 valence electrons. The van der Waals surface area contributed by atoms with Crippen LogP contribution in [0.2, 0.25) is 0 Å². The SMILES string of the molecule is O=C(Cc1ccc(F)c(F)c1F)C1CC2CCC(C1)N2Cc1ccccc1. The normalized spacial score (nSPS) is 24.9. The molecule has 2 saturated heterocycles. The number of hydrogen-bond acceptors (Lipinski definition) is 2. The number of ketones is 1. The summed E-state index contributed by atoms with van der Waals surface area (Å²) < 4.78 is 40.4. The molecule has 2 nitrogen and oxygen atoms in total. The van der Waals surface area contributed by atoms with Crippen molar-refractivity contribution in [2.24, 2.45) is 5.92 Å². The van der Waals surface area contributed by atoms with Crippen LogP contribution < -0.4 is 0 Å². The van der Waals surface area contributed by atoms with E-state index < -0.39 is 17.5 Å². The summed E-state index contributed by atoms with van der Waals surface area (Å²) in [5, 5.41) is 0. The van der Waals surface area contributed by atoms with Crippen LogP contribution in [0.3, 0.4) is 0 Å². The summed E-state index contributed by atoms with van der Waals surface area (Å²) in [6, 6.07) is 13.1. The third-order valence-corrected chi connectivity index (χ3v) is 6.03. The Kier molecular flexibility index (Phi) is 5.04. The van der Waals surface area contributed by atoms with Crippen LogP contribution in [0.5, 0.6) is 0 Å². The summed E-state index contributed by atoms with van der Waals surface area (Å²) in [7, 11) is 0. The minimum Gasteiger partial charge on any atom is -0.299 e. The number of halogens is 3. The largest absolute Gasteiger partial charge is 0.299 e. The number of piperidine rings is 1.